The molecule has 1 aromatic rings. The highest BCUT2D eigenvalue weighted by atomic mass is 32.2. The molecule has 0 spiro atoms. The Hall–Kier alpha value is -0.920. The van der Waals surface area contributed by atoms with Crippen LogP contribution in [0.4, 0.5) is 0 Å². The van der Waals surface area contributed by atoms with E-state index in [1.165, 1.54) is 21.3 Å². The first-order valence-corrected chi connectivity index (χ1v) is 7.00. The van der Waals surface area contributed by atoms with Gasteiger partial charge < -0.3 is 5.32 Å². The lowest BCUT2D eigenvalue weighted by Crippen LogP contribution is -2.58. The Bertz CT molecular complexity index is 506. The van der Waals surface area contributed by atoms with Crippen molar-refractivity contribution in [2.75, 3.05) is 19.6 Å². The maximum absolute atomic E-state index is 12.4. The van der Waals surface area contributed by atoms with E-state index in [4.69, 9.17) is 0 Å². The molecule has 1 saturated heterocycles. The molecule has 7 heteroatoms. The zero-order valence-electron chi connectivity index (χ0n) is 10.3. The molecule has 6 nitrogen and oxygen atoms in total. The van der Waals surface area contributed by atoms with Crippen molar-refractivity contribution in [3.05, 3.63) is 12.3 Å². The van der Waals surface area contributed by atoms with Gasteiger partial charge in [-0.05, 0) is 19.9 Å². The van der Waals surface area contributed by atoms with Crippen LogP contribution in [0.2, 0.25) is 0 Å². The average Bonchev–Trinajstić information content (AvgIpc) is 2.63. The molecule has 1 aliphatic rings. The van der Waals surface area contributed by atoms with Crippen LogP contribution >= 0.6 is 0 Å². The number of aryl methyl sites for hydroxylation is 1. The smallest absolute Gasteiger partial charge is 0.260 e. The third-order valence-electron chi connectivity index (χ3n) is 2.92. The number of nitrogens with one attached hydrogen (secondary N) is 1. The maximum Gasteiger partial charge on any atom is 0.260 e. The Kier molecular flexibility index (Phi) is 3.01. The van der Waals surface area contributed by atoms with Crippen molar-refractivity contribution < 1.29 is 8.42 Å². The van der Waals surface area contributed by atoms with Gasteiger partial charge in [-0.1, -0.05) is 0 Å². The van der Waals surface area contributed by atoms with Crippen LogP contribution in [0, 0.1) is 0 Å². The number of aromatic nitrogens is 2. The molecule has 1 fully saturated rings. The monoisotopic (exact) mass is 258 g/mol. The highest BCUT2D eigenvalue weighted by Crippen LogP contribution is 2.19. The Balaban J connectivity index is 2.31. The molecule has 1 aromatic heterocycles. The molecule has 0 amide bonds. The highest BCUT2D eigenvalue weighted by Gasteiger charge is 2.34. The first-order chi connectivity index (χ1) is 7.83. The highest BCUT2D eigenvalue weighted by molar-refractivity contribution is 7.89. The number of hydrogen-bond acceptors (Lipinski definition) is 4. The molecule has 2 heterocycles. The lowest BCUT2D eigenvalue weighted by Gasteiger charge is -2.38. The van der Waals surface area contributed by atoms with E-state index in [0.29, 0.717) is 19.6 Å². The third kappa shape index (κ3) is 2.36. The summed E-state index contributed by atoms with van der Waals surface area (Å²) < 4.78 is 27.7. The van der Waals surface area contributed by atoms with Gasteiger partial charge >= 0.3 is 0 Å². The van der Waals surface area contributed by atoms with Crippen LogP contribution in [0.1, 0.15) is 13.8 Å². The second kappa shape index (κ2) is 4.08. The van der Waals surface area contributed by atoms with Crippen LogP contribution in [0.3, 0.4) is 0 Å². The molecule has 0 unspecified atom stereocenters. The van der Waals surface area contributed by atoms with Crippen LogP contribution in [0.25, 0.3) is 0 Å². The molecular formula is C10H18N4O2S. The van der Waals surface area contributed by atoms with Gasteiger partial charge in [0.05, 0.1) is 6.20 Å². The summed E-state index contributed by atoms with van der Waals surface area (Å²) in [6.45, 7) is 5.64. The molecule has 0 radical (unpaired) electrons. The van der Waals surface area contributed by atoms with Gasteiger partial charge in [-0.2, -0.15) is 9.40 Å². The number of hydrogen-bond donors (Lipinski definition) is 1. The first kappa shape index (κ1) is 12.5. The molecule has 1 N–H and O–H groups in total. The van der Waals surface area contributed by atoms with Crippen LogP contribution in [-0.2, 0) is 17.1 Å². The number of nitrogens with zero attached hydrogens (tertiary/aromatic N) is 3. The van der Waals surface area contributed by atoms with Crippen molar-refractivity contribution in [1.82, 2.24) is 19.4 Å². The van der Waals surface area contributed by atoms with Gasteiger partial charge in [0.25, 0.3) is 10.0 Å². The Morgan fingerprint density at radius 2 is 2.18 bits per heavy atom. The molecule has 0 saturated carbocycles. The standard InChI is InChI=1S/C10H18N4O2S/c1-10(2)8-14(7-6-11-10)17(15,16)9-4-5-12-13(9)3/h4-5,11H,6-8H2,1-3H3. The quantitative estimate of drug-likeness (QED) is 0.797. The van der Waals surface area contributed by atoms with Gasteiger partial charge in [0.2, 0.25) is 0 Å². The van der Waals surface area contributed by atoms with Gasteiger partial charge in [0, 0.05) is 32.2 Å². The van der Waals surface area contributed by atoms with E-state index in [0.717, 1.165) is 0 Å². The Morgan fingerprint density at radius 1 is 1.47 bits per heavy atom. The van der Waals surface area contributed by atoms with E-state index < -0.39 is 10.0 Å². The number of sulfonamides is 1. The fourth-order valence-corrected chi connectivity index (χ4v) is 3.75. The summed E-state index contributed by atoms with van der Waals surface area (Å²) in [7, 11) is -1.79. The van der Waals surface area contributed by atoms with Crippen molar-refractivity contribution in [3.8, 4) is 0 Å². The molecule has 0 aliphatic carbocycles. The van der Waals surface area contributed by atoms with Gasteiger partial charge in [-0.3, -0.25) is 4.68 Å². The zero-order chi connectivity index (χ0) is 12.7. The van der Waals surface area contributed by atoms with E-state index in [2.05, 4.69) is 10.4 Å². The van der Waals surface area contributed by atoms with E-state index in [9.17, 15) is 8.42 Å². The molecule has 96 valence electrons. The summed E-state index contributed by atoms with van der Waals surface area (Å²) >= 11 is 0. The first-order valence-electron chi connectivity index (χ1n) is 5.56. The fraction of sp³-hybridized carbons (Fsp3) is 0.700. The van der Waals surface area contributed by atoms with Gasteiger partial charge in [-0.15, -0.1) is 0 Å². The predicted molar refractivity (Wildman–Crippen MR) is 64.0 cm³/mol. The topological polar surface area (TPSA) is 67.2 Å². The molecule has 0 aromatic carbocycles. The number of rotatable bonds is 2. The zero-order valence-corrected chi connectivity index (χ0v) is 11.2. The number of piperazine rings is 1. The van der Waals surface area contributed by atoms with Crippen LogP contribution in [0.15, 0.2) is 17.3 Å². The van der Waals surface area contributed by atoms with Crippen LogP contribution in [-0.4, -0.2) is 47.7 Å². The molecule has 2 rings (SSSR count). The lowest BCUT2D eigenvalue weighted by molar-refractivity contribution is 0.232. The summed E-state index contributed by atoms with van der Waals surface area (Å²) in [5.41, 5.74) is -0.191. The maximum atomic E-state index is 12.4. The second-order valence-electron chi connectivity index (χ2n) is 4.94. The molecule has 0 atom stereocenters. The third-order valence-corrected chi connectivity index (χ3v) is 4.84. The summed E-state index contributed by atoms with van der Waals surface area (Å²) in [6, 6.07) is 1.53. The van der Waals surface area contributed by atoms with Gasteiger partial charge in [0.15, 0.2) is 5.03 Å². The molecule has 17 heavy (non-hydrogen) atoms. The summed E-state index contributed by atoms with van der Waals surface area (Å²) in [5.74, 6) is 0. The minimum Gasteiger partial charge on any atom is -0.309 e. The van der Waals surface area contributed by atoms with Crippen molar-refractivity contribution in [2.24, 2.45) is 7.05 Å². The molecule has 1 aliphatic heterocycles. The summed E-state index contributed by atoms with van der Waals surface area (Å²) in [5, 5.41) is 7.45. The van der Waals surface area contributed by atoms with Crippen molar-refractivity contribution in [3.63, 3.8) is 0 Å². The normalized spacial score (nSPS) is 21.6. The minimum absolute atomic E-state index is 0.191. The van der Waals surface area contributed by atoms with Gasteiger partial charge in [0.1, 0.15) is 0 Å². The molecule has 0 bridgehead atoms. The summed E-state index contributed by atoms with van der Waals surface area (Å²) in [4.78, 5) is 0. The summed E-state index contributed by atoms with van der Waals surface area (Å²) in [6.07, 6.45) is 1.50. The van der Waals surface area contributed by atoms with Crippen LogP contribution in [0.5, 0.6) is 0 Å². The van der Waals surface area contributed by atoms with E-state index in [1.54, 1.807) is 7.05 Å². The largest absolute Gasteiger partial charge is 0.309 e. The SMILES string of the molecule is Cn1nccc1S(=O)(=O)N1CCNC(C)(C)C1. The van der Waals surface area contributed by atoms with Crippen LogP contribution < -0.4 is 5.32 Å². The molecular weight excluding hydrogens is 240 g/mol. The van der Waals surface area contributed by atoms with Crippen molar-refractivity contribution in [2.45, 2.75) is 24.4 Å². The Morgan fingerprint density at radius 3 is 2.71 bits per heavy atom. The Labute approximate surface area is 102 Å². The van der Waals surface area contributed by atoms with E-state index in [-0.39, 0.29) is 10.6 Å². The minimum atomic E-state index is -3.43. The fourth-order valence-electron chi connectivity index (χ4n) is 2.05. The predicted octanol–water partition coefficient (Wildman–Crippen LogP) is -0.207. The van der Waals surface area contributed by atoms with Crippen molar-refractivity contribution in [1.29, 1.82) is 0 Å². The lowest BCUT2D eigenvalue weighted by atomic mass is 10.0. The van der Waals surface area contributed by atoms with E-state index in [1.807, 2.05) is 13.8 Å². The average molecular weight is 258 g/mol. The van der Waals surface area contributed by atoms with Gasteiger partial charge in [-0.25, -0.2) is 8.42 Å². The second-order valence-corrected chi connectivity index (χ2v) is 6.83. The van der Waals surface area contributed by atoms with E-state index >= 15 is 0 Å². The van der Waals surface area contributed by atoms with Crippen molar-refractivity contribution >= 4 is 10.0 Å².